The monoisotopic (exact) mass is 1230 g/mol. The number of pyridine rings is 6. The maximum absolute atomic E-state index is 5.12. The third-order valence-electron chi connectivity index (χ3n) is 20.9. The minimum Gasteiger partial charge on any atom is -0.264 e. The zero-order valence-electron chi connectivity index (χ0n) is 53.6. The van der Waals surface area contributed by atoms with Crippen molar-refractivity contribution < 1.29 is 0 Å². The fourth-order valence-electron chi connectivity index (χ4n) is 16.4. The summed E-state index contributed by atoms with van der Waals surface area (Å²) in [4.78, 5) is 27.6. The van der Waals surface area contributed by atoms with Gasteiger partial charge in [-0.1, -0.05) is 221 Å². The summed E-state index contributed by atoms with van der Waals surface area (Å²) < 4.78 is 0. The fourth-order valence-corrected chi connectivity index (χ4v) is 16.4. The van der Waals surface area contributed by atoms with Gasteiger partial charge in [0.1, 0.15) is 0 Å². The first-order chi connectivity index (χ1) is 47.5. The Morgan fingerprint density at radius 2 is 0.542 bits per heavy atom. The van der Waals surface area contributed by atoms with Crippen LogP contribution in [0.25, 0.3) is 134 Å². The van der Waals surface area contributed by atoms with Gasteiger partial charge in [0.15, 0.2) is 0 Å². The van der Waals surface area contributed by atoms with Crippen molar-refractivity contribution in [1.29, 1.82) is 0 Å². The zero-order valence-corrected chi connectivity index (χ0v) is 53.6. The number of hydrogen-bond acceptors (Lipinski definition) is 6. The van der Waals surface area contributed by atoms with Gasteiger partial charge < -0.3 is 0 Å². The third kappa shape index (κ3) is 10.7. The Hall–Kier alpha value is -11.3. The molecule has 14 aromatic rings. The largest absolute Gasteiger partial charge is 0.264 e. The summed E-state index contributed by atoms with van der Waals surface area (Å²) in [6, 6.07) is 92.8. The maximum atomic E-state index is 5.12. The van der Waals surface area contributed by atoms with Gasteiger partial charge in [-0.05, 0) is 199 Å². The lowest BCUT2D eigenvalue weighted by atomic mass is 9.66. The van der Waals surface area contributed by atoms with E-state index in [0.717, 1.165) is 67.3 Å². The molecule has 96 heavy (non-hydrogen) atoms. The van der Waals surface area contributed by atoms with E-state index < -0.39 is 0 Å². The average Bonchev–Trinajstić information content (AvgIpc) is 1.56. The van der Waals surface area contributed by atoms with Crippen LogP contribution in [0.15, 0.2) is 304 Å². The van der Waals surface area contributed by atoms with E-state index in [1.807, 2.05) is 49.1 Å². The van der Waals surface area contributed by atoms with E-state index in [4.69, 9.17) is 9.97 Å². The van der Waals surface area contributed by atoms with Crippen LogP contribution in [0.1, 0.15) is 86.5 Å². The number of fused-ring (bicyclic) bond motifs is 10. The second-order valence-electron chi connectivity index (χ2n) is 26.4. The highest BCUT2D eigenvalue weighted by atomic mass is 14.7. The first-order valence-electron chi connectivity index (χ1n) is 34.1. The molecule has 4 aliphatic carbocycles. The molecule has 0 atom stereocenters. The summed E-state index contributed by atoms with van der Waals surface area (Å²) in [5.74, 6) is 0. The van der Waals surface area contributed by atoms with Crippen molar-refractivity contribution >= 4 is 0 Å². The Kier molecular flexibility index (Phi) is 15.3. The highest BCUT2D eigenvalue weighted by Gasteiger charge is 2.46. The smallest absolute Gasteiger partial charge is 0.0731 e. The Bertz CT molecular complexity index is 5040. The molecule has 6 aromatic heterocycles. The maximum Gasteiger partial charge on any atom is 0.0731 e. The lowest BCUT2D eigenvalue weighted by Crippen LogP contribution is -2.28. The minimum absolute atomic E-state index is 0.116. The Morgan fingerprint density at radius 3 is 1.00 bits per heavy atom. The van der Waals surface area contributed by atoms with E-state index >= 15 is 0 Å². The molecule has 0 amide bonds. The van der Waals surface area contributed by atoms with Gasteiger partial charge in [0.25, 0.3) is 0 Å². The molecule has 0 aliphatic heterocycles. The number of rotatable bonds is 10. The van der Waals surface area contributed by atoms with Gasteiger partial charge in [-0.3, -0.25) is 19.9 Å². The van der Waals surface area contributed by atoms with Crippen LogP contribution in [-0.2, 0) is 10.8 Å². The fraction of sp³-hybridized carbons (Fsp3) is 0.133. The van der Waals surface area contributed by atoms with E-state index in [1.165, 1.54) is 142 Å². The third-order valence-corrected chi connectivity index (χ3v) is 20.9. The van der Waals surface area contributed by atoms with Crippen LogP contribution >= 0.6 is 0 Å². The summed E-state index contributed by atoms with van der Waals surface area (Å²) in [6.45, 7) is 0. The van der Waals surface area contributed by atoms with Crippen molar-refractivity contribution in [3.63, 3.8) is 0 Å². The summed E-state index contributed by atoms with van der Waals surface area (Å²) in [5, 5.41) is 0. The zero-order chi connectivity index (χ0) is 63.8. The summed E-state index contributed by atoms with van der Waals surface area (Å²) in [7, 11) is 0. The van der Waals surface area contributed by atoms with Crippen LogP contribution in [-0.4, -0.2) is 29.9 Å². The van der Waals surface area contributed by atoms with Crippen molar-refractivity contribution in [2.24, 2.45) is 0 Å². The molecule has 2 spiro atoms. The molecule has 2 saturated carbocycles. The molecular formula is C90H70N6. The van der Waals surface area contributed by atoms with Crippen molar-refractivity contribution in [3.8, 4) is 134 Å². The molecule has 6 nitrogen and oxygen atoms in total. The molecule has 6 heteroatoms. The van der Waals surface area contributed by atoms with Crippen LogP contribution < -0.4 is 0 Å². The first kappa shape index (κ1) is 58.5. The summed E-state index contributed by atoms with van der Waals surface area (Å²) >= 11 is 0. The molecular weight excluding hydrogens is 1170 g/mol. The topological polar surface area (TPSA) is 77.3 Å². The minimum atomic E-state index is 0.116. The van der Waals surface area contributed by atoms with Gasteiger partial charge in [0, 0.05) is 93.8 Å². The number of nitrogens with zero attached hydrogens (tertiary/aromatic N) is 6. The molecule has 2 fully saturated rings. The van der Waals surface area contributed by atoms with Crippen molar-refractivity contribution in [1.82, 2.24) is 29.9 Å². The normalized spacial score (nSPS) is 14.4. The molecule has 8 aromatic carbocycles. The lowest BCUT2D eigenvalue weighted by Gasteiger charge is -2.37. The second-order valence-corrected chi connectivity index (χ2v) is 26.4. The highest BCUT2D eigenvalue weighted by Crippen LogP contribution is 2.60. The van der Waals surface area contributed by atoms with Crippen LogP contribution in [0.4, 0.5) is 0 Å². The quantitative estimate of drug-likeness (QED) is 0.136. The van der Waals surface area contributed by atoms with Crippen LogP contribution in [0.2, 0.25) is 0 Å². The molecule has 460 valence electrons. The average molecular weight is 1240 g/mol. The van der Waals surface area contributed by atoms with E-state index in [-0.39, 0.29) is 10.8 Å². The molecule has 0 bridgehead atoms. The van der Waals surface area contributed by atoms with Gasteiger partial charge in [0.2, 0.25) is 0 Å². The van der Waals surface area contributed by atoms with Crippen LogP contribution in [0.5, 0.6) is 0 Å². The summed E-state index contributed by atoms with van der Waals surface area (Å²) in [5.41, 5.74) is 34.3. The molecule has 0 saturated heterocycles. The first-order valence-corrected chi connectivity index (χ1v) is 34.1. The second kappa shape index (κ2) is 25.2. The highest BCUT2D eigenvalue weighted by molar-refractivity contribution is 5.92. The van der Waals surface area contributed by atoms with Crippen LogP contribution in [0.3, 0.4) is 0 Å². The van der Waals surface area contributed by atoms with Gasteiger partial charge >= 0.3 is 0 Å². The lowest BCUT2D eigenvalue weighted by molar-refractivity contribution is 0.353. The SMILES string of the molecule is c1cncc(-c2cc(-c3ccc(-c4cccc(-c5cccc6c5C5(CCCCC5)c5ccccc5-6)c4)cc3)nc(-c3cccnc3)c2)c1.c1cncc(-c2cc(-c3cccnc3)nc(-c3cccc(-c4ccc(-c5cccc6c5C5(CCCCC5)c5ccccc5-6)cc4)c3)c2)c1. The van der Waals surface area contributed by atoms with E-state index in [9.17, 15) is 0 Å². The van der Waals surface area contributed by atoms with Crippen molar-refractivity contribution in [2.75, 3.05) is 0 Å². The molecule has 0 N–H and O–H groups in total. The molecule has 4 aliphatic rings. The molecule has 0 radical (unpaired) electrons. The predicted octanol–water partition coefficient (Wildman–Crippen LogP) is 22.9. The Labute approximate surface area is 562 Å². The van der Waals surface area contributed by atoms with E-state index in [2.05, 4.69) is 250 Å². The van der Waals surface area contributed by atoms with Gasteiger partial charge in [0.05, 0.1) is 22.8 Å². The summed E-state index contributed by atoms with van der Waals surface area (Å²) in [6.07, 6.45) is 27.5. The molecule has 6 heterocycles. The van der Waals surface area contributed by atoms with Gasteiger partial charge in [-0.15, -0.1) is 0 Å². The number of benzene rings is 8. The predicted molar refractivity (Wildman–Crippen MR) is 393 cm³/mol. The van der Waals surface area contributed by atoms with Gasteiger partial charge in [-0.25, -0.2) is 9.97 Å². The number of aromatic nitrogens is 6. The van der Waals surface area contributed by atoms with Crippen molar-refractivity contribution in [2.45, 2.75) is 75.0 Å². The Morgan fingerprint density at radius 1 is 0.208 bits per heavy atom. The molecule has 0 unspecified atom stereocenters. The van der Waals surface area contributed by atoms with Crippen LogP contribution in [0, 0.1) is 0 Å². The van der Waals surface area contributed by atoms with Crippen molar-refractivity contribution in [3.05, 3.63) is 327 Å². The van der Waals surface area contributed by atoms with E-state index in [1.54, 1.807) is 35.9 Å². The Balaban J connectivity index is 0.000000145. The van der Waals surface area contributed by atoms with E-state index in [0.29, 0.717) is 0 Å². The molecule has 18 rings (SSSR count). The van der Waals surface area contributed by atoms with Gasteiger partial charge in [-0.2, -0.15) is 0 Å². The standard InChI is InChI=1S/2C45H35N3/c1-4-22-45(23-5-1)41-17-3-2-14-39(41)40-16-7-15-38(44(40)45)34-11-6-10-33(26-34)31-18-20-32(21-19-31)42-27-37(35-12-8-24-46-29-35)28-43(48-42)36-13-9-25-47-30-36;1-4-22-45(23-5-1)41-17-3-2-14-39(41)40-16-7-15-38(44(40)45)32-20-18-31(19-21-32)33-10-6-11-34(26-33)42-27-37(35-12-8-24-46-29-35)28-43(48-42)36-13-9-25-47-30-36/h2*2-3,6-21,24-30H,1,4-5,22-23H2. The number of hydrogen-bond donors (Lipinski definition) is 0.